The van der Waals surface area contributed by atoms with Gasteiger partial charge in [-0.2, -0.15) is 0 Å². The Morgan fingerprint density at radius 1 is 1.41 bits per heavy atom. The van der Waals surface area contributed by atoms with Crippen molar-refractivity contribution in [3.8, 4) is 5.75 Å². The molecule has 1 aromatic rings. The van der Waals surface area contributed by atoms with E-state index in [1.165, 1.54) is 25.7 Å². The molecule has 2 atom stereocenters. The first-order chi connectivity index (χ1) is 8.29. The summed E-state index contributed by atoms with van der Waals surface area (Å²) in [4.78, 5) is 4.25. The Morgan fingerprint density at radius 2 is 2.24 bits per heavy atom. The highest BCUT2D eigenvalue weighted by molar-refractivity contribution is 5.40. The van der Waals surface area contributed by atoms with Crippen LogP contribution < -0.4 is 10.1 Å². The van der Waals surface area contributed by atoms with Gasteiger partial charge in [0.1, 0.15) is 17.7 Å². The van der Waals surface area contributed by atoms with E-state index in [-0.39, 0.29) is 0 Å². The molecule has 2 unspecified atom stereocenters. The zero-order chi connectivity index (χ0) is 12.1. The third-order valence-electron chi connectivity index (χ3n) is 3.41. The summed E-state index contributed by atoms with van der Waals surface area (Å²) < 4.78 is 6.07. The van der Waals surface area contributed by atoms with Crippen molar-refractivity contribution in [2.45, 2.75) is 45.6 Å². The van der Waals surface area contributed by atoms with Crippen molar-refractivity contribution < 1.29 is 4.74 Å². The number of rotatable bonds is 4. The Balaban J connectivity index is 1.99. The number of anilines is 1. The summed E-state index contributed by atoms with van der Waals surface area (Å²) in [6.07, 6.45) is 7.29. The third-order valence-corrected chi connectivity index (χ3v) is 3.41. The van der Waals surface area contributed by atoms with Crippen LogP contribution in [-0.2, 0) is 0 Å². The summed E-state index contributed by atoms with van der Waals surface area (Å²) >= 11 is 0. The van der Waals surface area contributed by atoms with E-state index in [4.69, 9.17) is 4.74 Å². The van der Waals surface area contributed by atoms with E-state index >= 15 is 0 Å². The lowest BCUT2D eigenvalue weighted by Crippen LogP contribution is -2.28. The molecule has 1 aliphatic carbocycles. The van der Waals surface area contributed by atoms with E-state index < -0.39 is 0 Å². The van der Waals surface area contributed by atoms with Crippen LogP contribution in [0.4, 0.5) is 5.82 Å². The SMILES string of the molecule is CCNc1cc(OC2CCCCC2C)ccn1. The van der Waals surface area contributed by atoms with Gasteiger partial charge in [0.2, 0.25) is 0 Å². The first kappa shape index (κ1) is 12.2. The molecule has 1 heterocycles. The molecule has 0 spiro atoms. The van der Waals surface area contributed by atoms with Crippen LogP contribution in [0.2, 0.25) is 0 Å². The standard InChI is InChI=1S/C14H22N2O/c1-3-15-14-10-12(8-9-16-14)17-13-7-5-4-6-11(13)2/h8-11,13H,3-7H2,1-2H3,(H,15,16). The maximum Gasteiger partial charge on any atom is 0.129 e. The molecule has 1 fully saturated rings. The average molecular weight is 234 g/mol. The van der Waals surface area contributed by atoms with Gasteiger partial charge in [-0.3, -0.25) is 0 Å². The van der Waals surface area contributed by atoms with E-state index in [1.54, 1.807) is 6.20 Å². The first-order valence-electron chi connectivity index (χ1n) is 6.66. The van der Waals surface area contributed by atoms with E-state index in [1.807, 2.05) is 12.1 Å². The highest BCUT2D eigenvalue weighted by Gasteiger charge is 2.22. The largest absolute Gasteiger partial charge is 0.490 e. The molecule has 0 radical (unpaired) electrons. The minimum Gasteiger partial charge on any atom is -0.490 e. The number of pyridine rings is 1. The van der Waals surface area contributed by atoms with Gasteiger partial charge in [-0.15, -0.1) is 0 Å². The molecule has 0 bridgehead atoms. The lowest BCUT2D eigenvalue weighted by Gasteiger charge is -2.29. The van der Waals surface area contributed by atoms with E-state index in [0.29, 0.717) is 12.0 Å². The quantitative estimate of drug-likeness (QED) is 0.866. The second kappa shape index (κ2) is 5.89. The van der Waals surface area contributed by atoms with Crippen molar-refractivity contribution in [3.63, 3.8) is 0 Å². The Hall–Kier alpha value is -1.25. The molecule has 17 heavy (non-hydrogen) atoms. The molecule has 0 aliphatic heterocycles. The normalized spacial score (nSPS) is 24.4. The molecule has 2 rings (SSSR count). The number of hydrogen-bond donors (Lipinski definition) is 1. The van der Waals surface area contributed by atoms with Gasteiger partial charge in [0, 0.05) is 18.8 Å². The summed E-state index contributed by atoms with van der Waals surface area (Å²) in [5.41, 5.74) is 0. The van der Waals surface area contributed by atoms with Gasteiger partial charge in [0.05, 0.1) is 0 Å². The Labute approximate surface area is 104 Å². The first-order valence-corrected chi connectivity index (χ1v) is 6.66. The van der Waals surface area contributed by atoms with Crippen LogP contribution in [-0.4, -0.2) is 17.6 Å². The molecule has 0 aromatic carbocycles. The van der Waals surface area contributed by atoms with Crippen molar-refractivity contribution in [2.24, 2.45) is 5.92 Å². The molecule has 1 N–H and O–H groups in total. The van der Waals surface area contributed by atoms with Crippen LogP contribution >= 0.6 is 0 Å². The monoisotopic (exact) mass is 234 g/mol. The smallest absolute Gasteiger partial charge is 0.129 e. The molecule has 1 aromatic heterocycles. The fourth-order valence-corrected chi connectivity index (χ4v) is 2.39. The predicted octanol–water partition coefficient (Wildman–Crippen LogP) is 3.47. The molecule has 0 amide bonds. The molecule has 1 aliphatic rings. The summed E-state index contributed by atoms with van der Waals surface area (Å²) in [7, 11) is 0. The van der Waals surface area contributed by atoms with Crippen LogP contribution in [0.5, 0.6) is 5.75 Å². The van der Waals surface area contributed by atoms with Crippen molar-refractivity contribution >= 4 is 5.82 Å². The van der Waals surface area contributed by atoms with Gasteiger partial charge in [-0.05, 0) is 38.2 Å². The van der Waals surface area contributed by atoms with E-state index in [9.17, 15) is 0 Å². The number of nitrogens with one attached hydrogen (secondary N) is 1. The molecule has 94 valence electrons. The van der Waals surface area contributed by atoms with Gasteiger partial charge in [0.25, 0.3) is 0 Å². The number of ether oxygens (including phenoxy) is 1. The minimum atomic E-state index is 0.376. The summed E-state index contributed by atoms with van der Waals surface area (Å²) in [6, 6.07) is 3.94. The van der Waals surface area contributed by atoms with Crippen LogP contribution in [0, 0.1) is 5.92 Å². The lowest BCUT2D eigenvalue weighted by molar-refractivity contribution is 0.102. The topological polar surface area (TPSA) is 34.1 Å². The average Bonchev–Trinajstić information content (AvgIpc) is 2.33. The van der Waals surface area contributed by atoms with Crippen LogP contribution in [0.3, 0.4) is 0 Å². The minimum absolute atomic E-state index is 0.376. The Morgan fingerprint density at radius 3 is 3.00 bits per heavy atom. The van der Waals surface area contributed by atoms with Crippen molar-refractivity contribution in [1.29, 1.82) is 0 Å². The van der Waals surface area contributed by atoms with Gasteiger partial charge in [-0.1, -0.05) is 13.3 Å². The van der Waals surface area contributed by atoms with Crippen LogP contribution in [0.15, 0.2) is 18.3 Å². The van der Waals surface area contributed by atoms with Gasteiger partial charge < -0.3 is 10.1 Å². The molecule has 3 heteroatoms. The Bertz CT molecular complexity index is 354. The van der Waals surface area contributed by atoms with E-state index in [2.05, 4.69) is 24.1 Å². The summed E-state index contributed by atoms with van der Waals surface area (Å²) in [5, 5.41) is 3.21. The van der Waals surface area contributed by atoms with E-state index in [0.717, 1.165) is 18.1 Å². The fraction of sp³-hybridized carbons (Fsp3) is 0.643. The Kier molecular flexibility index (Phi) is 4.24. The number of hydrogen-bond acceptors (Lipinski definition) is 3. The van der Waals surface area contributed by atoms with Crippen LogP contribution in [0.1, 0.15) is 39.5 Å². The molecular weight excluding hydrogens is 212 g/mol. The predicted molar refractivity (Wildman–Crippen MR) is 70.4 cm³/mol. The zero-order valence-electron chi connectivity index (χ0n) is 10.8. The number of aromatic nitrogens is 1. The van der Waals surface area contributed by atoms with Gasteiger partial charge in [0.15, 0.2) is 0 Å². The zero-order valence-corrected chi connectivity index (χ0v) is 10.8. The molecule has 1 saturated carbocycles. The fourth-order valence-electron chi connectivity index (χ4n) is 2.39. The van der Waals surface area contributed by atoms with Crippen LogP contribution in [0.25, 0.3) is 0 Å². The summed E-state index contributed by atoms with van der Waals surface area (Å²) in [6.45, 7) is 5.24. The van der Waals surface area contributed by atoms with Gasteiger partial charge in [-0.25, -0.2) is 4.98 Å². The van der Waals surface area contributed by atoms with Crippen molar-refractivity contribution in [1.82, 2.24) is 4.98 Å². The van der Waals surface area contributed by atoms with Gasteiger partial charge >= 0.3 is 0 Å². The molecular formula is C14H22N2O. The second-order valence-corrected chi connectivity index (χ2v) is 4.83. The second-order valence-electron chi connectivity index (χ2n) is 4.83. The highest BCUT2D eigenvalue weighted by atomic mass is 16.5. The van der Waals surface area contributed by atoms with Crippen molar-refractivity contribution in [2.75, 3.05) is 11.9 Å². The maximum atomic E-state index is 6.07. The molecule has 3 nitrogen and oxygen atoms in total. The van der Waals surface area contributed by atoms with Crippen molar-refractivity contribution in [3.05, 3.63) is 18.3 Å². The lowest BCUT2D eigenvalue weighted by atomic mass is 9.88. The third kappa shape index (κ3) is 3.35. The molecule has 0 saturated heterocycles. The number of nitrogens with zero attached hydrogens (tertiary/aromatic N) is 1. The highest BCUT2D eigenvalue weighted by Crippen LogP contribution is 2.28. The summed E-state index contributed by atoms with van der Waals surface area (Å²) in [5.74, 6) is 2.50. The maximum absolute atomic E-state index is 6.07.